The summed E-state index contributed by atoms with van der Waals surface area (Å²) < 4.78 is 0.553. The molecule has 2 heterocycles. The first-order valence-electron chi connectivity index (χ1n) is 8.19. The fourth-order valence-corrected chi connectivity index (χ4v) is 4.55. The Bertz CT molecular complexity index is 859. The summed E-state index contributed by atoms with van der Waals surface area (Å²) in [5.41, 5.74) is 1.85. The highest BCUT2D eigenvalue weighted by molar-refractivity contribution is 8.26. The van der Waals surface area contributed by atoms with Gasteiger partial charge in [0.1, 0.15) is 4.32 Å². The van der Waals surface area contributed by atoms with Crippen molar-refractivity contribution in [3.63, 3.8) is 0 Å². The highest BCUT2D eigenvalue weighted by Gasteiger charge is 2.31. The molecule has 2 amide bonds. The molecule has 2 aromatic rings. The third kappa shape index (κ3) is 4.60. The van der Waals surface area contributed by atoms with E-state index >= 15 is 0 Å². The predicted octanol–water partition coefficient (Wildman–Crippen LogP) is 4.68. The van der Waals surface area contributed by atoms with Crippen molar-refractivity contribution in [2.24, 2.45) is 0 Å². The van der Waals surface area contributed by atoms with Gasteiger partial charge in [-0.25, -0.2) is 0 Å². The number of hydrogen-bond donors (Lipinski definition) is 1. The molecule has 0 saturated carbocycles. The normalized spacial score (nSPS) is 15.7. The summed E-state index contributed by atoms with van der Waals surface area (Å²) in [6.45, 7) is 2.41. The van der Waals surface area contributed by atoms with E-state index in [0.717, 1.165) is 16.1 Å². The first-order valence-corrected chi connectivity index (χ1v) is 10.3. The van der Waals surface area contributed by atoms with Crippen molar-refractivity contribution in [1.29, 1.82) is 0 Å². The zero-order chi connectivity index (χ0) is 18.5. The van der Waals surface area contributed by atoms with Gasteiger partial charge in [0.05, 0.1) is 4.91 Å². The minimum Gasteiger partial charge on any atom is -0.326 e. The Hall–Kier alpha value is -1.96. The zero-order valence-electron chi connectivity index (χ0n) is 14.2. The second-order valence-electron chi connectivity index (χ2n) is 5.82. The number of aryl methyl sites for hydroxylation is 1. The van der Waals surface area contributed by atoms with Gasteiger partial charge in [0, 0.05) is 23.5 Å². The number of hydrogen-bond acceptors (Lipinski definition) is 5. The number of anilines is 1. The van der Waals surface area contributed by atoms with Crippen molar-refractivity contribution in [3.05, 3.63) is 57.1 Å². The number of rotatable bonds is 6. The second kappa shape index (κ2) is 8.62. The van der Waals surface area contributed by atoms with Gasteiger partial charge < -0.3 is 5.32 Å². The van der Waals surface area contributed by atoms with Gasteiger partial charge in [0.2, 0.25) is 5.91 Å². The Morgan fingerprint density at radius 1 is 1.27 bits per heavy atom. The second-order valence-corrected chi connectivity index (χ2v) is 8.47. The number of nitrogens with zero attached hydrogens (tertiary/aromatic N) is 1. The monoisotopic (exact) mass is 402 g/mol. The molecule has 1 fully saturated rings. The first kappa shape index (κ1) is 18.8. The standard InChI is InChI=1S/C19H18N2O2S3/c1-13-6-2-3-8-15(13)20-17(22)9-4-10-21-18(23)16(26-19(21)24)12-14-7-5-11-25-14/h2-3,5-8,11-12H,4,9-10H2,1H3,(H,20,22)/b16-12+. The zero-order valence-corrected chi connectivity index (χ0v) is 16.7. The van der Waals surface area contributed by atoms with E-state index in [4.69, 9.17) is 12.2 Å². The number of carbonyl (C=O) groups is 2. The molecule has 1 saturated heterocycles. The van der Waals surface area contributed by atoms with Crippen LogP contribution in [0.3, 0.4) is 0 Å². The van der Waals surface area contributed by atoms with E-state index in [1.54, 1.807) is 16.2 Å². The Balaban J connectivity index is 1.52. The maximum absolute atomic E-state index is 12.5. The molecule has 1 aromatic carbocycles. The van der Waals surface area contributed by atoms with Crippen LogP contribution in [0, 0.1) is 6.92 Å². The molecule has 1 aromatic heterocycles. The van der Waals surface area contributed by atoms with Crippen molar-refractivity contribution in [2.75, 3.05) is 11.9 Å². The quantitative estimate of drug-likeness (QED) is 0.563. The summed E-state index contributed by atoms with van der Waals surface area (Å²) in [5, 5.41) is 4.88. The van der Waals surface area contributed by atoms with Gasteiger partial charge in [-0.05, 0) is 42.5 Å². The molecule has 3 rings (SSSR count). The molecular formula is C19H18N2O2S3. The van der Waals surface area contributed by atoms with Crippen LogP contribution < -0.4 is 5.32 Å². The van der Waals surface area contributed by atoms with Crippen LogP contribution in [-0.4, -0.2) is 27.6 Å². The van der Waals surface area contributed by atoms with Crippen molar-refractivity contribution >= 4 is 63.2 Å². The number of nitrogens with one attached hydrogen (secondary N) is 1. The van der Waals surface area contributed by atoms with Gasteiger partial charge in [-0.3, -0.25) is 14.5 Å². The van der Waals surface area contributed by atoms with Crippen LogP contribution in [-0.2, 0) is 9.59 Å². The van der Waals surface area contributed by atoms with Crippen LogP contribution in [0.15, 0.2) is 46.7 Å². The fourth-order valence-electron chi connectivity index (χ4n) is 2.52. The molecule has 0 radical (unpaired) electrons. The lowest BCUT2D eigenvalue weighted by Crippen LogP contribution is -2.29. The summed E-state index contributed by atoms with van der Waals surface area (Å²) in [5.74, 6) is -0.133. The number of thiocarbonyl (C=S) groups is 1. The Morgan fingerprint density at radius 3 is 2.81 bits per heavy atom. The molecule has 0 atom stereocenters. The molecule has 26 heavy (non-hydrogen) atoms. The molecule has 0 bridgehead atoms. The Labute approximate surface area is 166 Å². The smallest absolute Gasteiger partial charge is 0.266 e. The van der Waals surface area contributed by atoms with Crippen molar-refractivity contribution < 1.29 is 9.59 Å². The number of thioether (sulfide) groups is 1. The van der Waals surface area contributed by atoms with E-state index in [-0.39, 0.29) is 11.8 Å². The van der Waals surface area contributed by atoms with Crippen LogP contribution in [0.25, 0.3) is 6.08 Å². The predicted molar refractivity (Wildman–Crippen MR) is 113 cm³/mol. The summed E-state index contributed by atoms with van der Waals surface area (Å²) in [4.78, 5) is 27.9. The highest BCUT2D eigenvalue weighted by Crippen LogP contribution is 2.33. The third-order valence-electron chi connectivity index (χ3n) is 3.89. The van der Waals surface area contributed by atoms with E-state index < -0.39 is 0 Å². The van der Waals surface area contributed by atoms with Gasteiger partial charge in [-0.1, -0.05) is 48.2 Å². The van der Waals surface area contributed by atoms with Gasteiger partial charge in [0.15, 0.2) is 0 Å². The average Bonchev–Trinajstić information content (AvgIpc) is 3.21. The fraction of sp³-hybridized carbons (Fsp3) is 0.211. The van der Waals surface area contributed by atoms with Crippen molar-refractivity contribution in [2.45, 2.75) is 19.8 Å². The van der Waals surface area contributed by atoms with E-state index in [1.807, 2.05) is 54.8 Å². The Morgan fingerprint density at radius 2 is 2.08 bits per heavy atom. The van der Waals surface area contributed by atoms with Gasteiger partial charge in [-0.15, -0.1) is 11.3 Å². The Kier molecular flexibility index (Phi) is 6.24. The number of benzene rings is 1. The topological polar surface area (TPSA) is 49.4 Å². The summed E-state index contributed by atoms with van der Waals surface area (Å²) in [6.07, 6.45) is 2.78. The summed E-state index contributed by atoms with van der Waals surface area (Å²) >= 11 is 8.22. The molecule has 7 heteroatoms. The van der Waals surface area contributed by atoms with E-state index in [2.05, 4.69) is 5.32 Å². The van der Waals surface area contributed by atoms with Crippen molar-refractivity contribution in [3.8, 4) is 0 Å². The van der Waals surface area contributed by atoms with Crippen LogP contribution in [0.4, 0.5) is 5.69 Å². The molecule has 4 nitrogen and oxygen atoms in total. The van der Waals surface area contributed by atoms with Crippen LogP contribution >= 0.6 is 35.3 Å². The molecular weight excluding hydrogens is 384 g/mol. The molecule has 1 aliphatic heterocycles. The SMILES string of the molecule is Cc1ccccc1NC(=O)CCCN1C(=O)/C(=C\c2cccs2)SC1=S. The van der Waals surface area contributed by atoms with E-state index in [0.29, 0.717) is 28.6 Å². The lowest BCUT2D eigenvalue weighted by atomic mass is 10.2. The minimum absolute atomic E-state index is 0.0566. The molecule has 0 aliphatic carbocycles. The highest BCUT2D eigenvalue weighted by atomic mass is 32.2. The number of thiophene rings is 1. The lowest BCUT2D eigenvalue weighted by Gasteiger charge is -2.14. The van der Waals surface area contributed by atoms with E-state index in [9.17, 15) is 9.59 Å². The van der Waals surface area contributed by atoms with Gasteiger partial charge in [-0.2, -0.15) is 0 Å². The number of para-hydroxylation sites is 1. The number of carbonyl (C=O) groups excluding carboxylic acids is 2. The van der Waals surface area contributed by atoms with Crippen LogP contribution in [0.2, 0.25) is 0 Å². The van der Waals surface area contributed by atoms with Gasteiger partial charge in [0.25, 0.3) is 5.91 Å². The van der Waals surface area contributed by atoms with Gasteiger partial charge >= 0.3 is 0 Å². The molecule has 1 aliphatic rings. The maximum Gasteiger partial charge on any atom is 0.266 e. The van der Waals surface area contributed by atoms with Crippen LogP contribution in [0.1, 0.15) is 23.3 Å². The number of amides is 2. The third-order valence-corrected chi connectivity index (χ3v) is 6.09. The minimum atomic E-state index is -0.0762. The molecule has 0 spiro atoms. The summed E-state index contributed by atoms with van der Waals surface area (Å²) in [7, 11) is 0. The largest absolute Gasteiger partial charge is 0.326 e. The van der Waals surface area contributed by atoms with Crippen LogP contribution in [0.5, 0.6) is 0 Å². The van der Waals surface area contributed by atoms with Crippen molar-refractivity contribution in [1.82, 2.24) is 4.90 Å². The molecule has 0 unspecified atom stereocenters. The average molecular weight is 403 g/mol. The lowest BCUT2D eigenvalue weighted by molar-refractivity contribution is -0.122. The molecule has 134 valence electrons. The molecule has 1 N–H and O–H groups in total. The van der Waals surface area contributed by atoms with E-state index in [1.165, 1.54) is 11.8 Å². The maximum atomic E-state index is 12.5. The first-order chi connectivity index (χ1) is 12.5. The summed E-state index contributed by atoms with van der Waals surface area (Å²) in [6, 6.07) is 11.6.